The Morgan fingerprint density at radius 1 is 1.50 bits per heavy atom. The van der Waals surface area contributed by atoms with Gasteiger partial charge >= 0.3 is 0 Å². The first-order valence-electron chi connectivity index (χ1n) is 6.72. The second kappa shape index (κ2) is 4.72. The van der Waals surface area contributed by atoms with Crippen LogP contribution in [0.4, 0.5) is 5.95 Å². The number of aromatic nitrogens is 2. The number of anilines is 1. The normalized spacial score (nSPS) is 30.6. The lowest BCUT2D eigenvalue weighted by Gasteiger charge is -2.24. The first-order chi connectivity index (χ1) is 8.79. The molecule has 0 radical (unpaired) electrons. The van der Waals surface area contributed by atoms with Crippen LogP contribution in [0.15, 0.2) is 12.3 Å². The summed E-state index contributed by atoms with van der Waals surface area (Å²) in [4.78, 5) is 11.2. The second-order valence-electron chi connectivity index (χ2n) is 5.10. The van der Waals surface area contributed by atoms with Crippen molar-refractivity contribution in [2.24, 2.45) is 11.8 Å². The van der Waals surface area contributed by atoms with E-state index >= 15 is 0 Å². The van der Waals surface area contributed by atoms with E-state index in [0.717, 1.165) is 37.4 Å². The predicted molar refractivity (Wildman–Crippen MR) is 69.9 cm³/mol. The van der Waals surface area contributed by atoms with E-state index in [-0.39, 0.29) is 0 Å². The van der Waals surface area contributed by atoms with Crippen molar-refractivity contribution >= 4 is 5.95 Å². The molecule has 0 bridgehead atoms. The Morgan fingerprint density at radius 2 is 2.39 bits per heavy atom. The van der Waals surface area contributed by atoms with Crippen molar-refractivity contribution in [1.82, 2.24) is 15.3 Å². The molecule has 98 valence electrons. The first kappa shape index (κ1) is 11.7. The number of nitrogens with one attached hydrogen (secondary N) is 1. The Morgan fingerprint density at radius 3 is 3.17 bits per heavy atom. The summed E-state index contributed by atoms with van der Waals surface area (Å²) in [5, 5.41) is 3.47. The van der Waals surface area contributed by atoms with Crippen molar-refractivity contribution in [3.63, 3.8) is 0 Å². The molecule has 3 atom stereocenters. The van der Waals surface area contributed by atoms with E-state index in [2.05, 4.69) is 27.1 Å². The summed E-state index contributed by atoms with van der Waals surface area (Å²) in [6.07, 6.45) is 1.78. The minimum atomic E-state index is 0.502. The molecule has 3 rings (SSSR count). The number of rotatable bonds is 3. The highest BCUT2D eigenvalue weighted by Crippen LogP contribution is 2.34. The fourth-order valence-electron chi connectivity index (χ4n) is 3.13. The molecule has 1 N–H and O–H groups in total. The molecule has 0 aromatic carbocycles. The summed E-state index contributed by atoms with van der Waals surface area (Å²) < 4.78 is 5.45. The summed E-state index contributed by atoms with van der Waals surface area (Å²) in [5.74, 6) is 2.94. The number of nitrogens with zero attached hydrogens (tertiary/aromatic N) is 3. The van der Waals surface area contributed by atoms with Crippen LogP contribution in [0, 0.1) is 11.8 Å². The largest absolute Gasteiger partial charge is 0.478 e. The Balaban J connectivity index is 1.80. The average Bonchev–Trinajstić information content (AvgIpc) is 2.94. The van der Waals surface area contributed by atoms with Gasteiger partial charge in [0, 0.05) is 37.9 Å². The molecule has 5 heteroatoms. The van der Waals surface area contributed by atoms with Crippen molar-refractivity contribution in [2.45, 2.75) is 19.9 Å². The molecule has 1 aromatic rings. The highest BCUT2D eigenvalue weighted by atomic mass is 16.5. The third-order valence-corrected chi connectivity index (χ3v) is 4.10. The van der Waals surface area contributed by atoms with Crippen LogP contribution < -0.4 is 15.0 Å². The molecule has 0 aliphatic carbocycles. The number of ether oxygens (including phenoxy) is 1. The van der Waals surface area contributed by atoms with Crippen LogP contribution in [0.2, 0.25) is 0 Å². The fraction of sp³-hybridized carbons (Fsp3) is 0.692. The average molecular weight is 248 g/mol. The molecule has 0 spiro atoms. The monoisotopic (exact) mass is 248 g/mol. The molecule has 0 saturated carbocycles. The van der Waals surface area contributed by atoms with Gasteiger partial charge in [0.25, 0.3) is 0 Å². The van der Waals surface area contributed by atoms with Crippen molar-refractivity contribution < 1.29 is 4.74 Å². The van der Waals surface area contributed by atoms with E-state index in [1.165, 1.54) is 0 Å². The van der Waals surface area contributed by atoms with Crippen LogP contribution in [-0.2, 0) is 0 Å². The van der Waals surface area contributed by atoms with Crippen LogP contribution in [0.1, 0.15) is 13.8 Å². The first-order valence-corrected chi connectivity index (χ1v) is 6.72. The van der Waals surface area contributed by atoms with E-state index in [1.807, 2.05) is 13.0 Å². The zero-order chi connectivity index (χ0) is 12.5. The van der Waals surface area contributed by atoms with Crippen molar-refractivity contribution in [3.8, 4) is 5.88 Å². The smallest absolute Gasteiger partial charge is 0.228 e. The van der Waals surface area contributed by atoms with Gasteiger partial charge in [0.2, 0.25) is 11.8 Å². The summed E-state index contributed by atoms with van der Waals surface area (Å²) in [5.41, 5.74) is 0. The zero-order valence-corrected chi connectivity index (χ0v) is 11.0. The summed E-state index contributed by atoms with van der Waals surface area (Å²) in [6.45, 7) is 8.17. The molecule has 5 nitrogen and oxygen atoms in total. The highest BCUT2D eigenvalue weighted by Gasteiger charge is 2.42. The quantitative estimate of drug-likeness (QED) is 0.862. The number of hydrogen-bond donors (Lipinski definition) is 1. The SMILES string of the molecule is CCOc1ccnc(N2CC3CNCC3C2C)n1. The van der Waals surface area contributed by atoms with Gasteiger partial charge in [0.1, 0.15) is 0 Å². The van der Waals surface area contributed by atoms with Gasteiger partial charge in [-0.2, -0.15) is 4.98 Å². The van der Waals surface area contributed by atoms with Gasteiger partial charge in [0.15, 0.2) is 0 Å². The minimum absolute atomic E-state index is 0.502. The molecular weight excluding hydrogens is 228 g/mol. The molecule has 2 saturated heterocycles. The fourth-order valence-corrected chi connectivity index (χ4v) is 3.13. The summed E-state index contributed by atoms with van der Waals surface area (Å²) in [7, 11) is 0. The van der Waals surface area contributed by atoms with Gasteiger partial charge < -0.3 is 15.0 Å². The molecule has 3 heterocycles. The third-order valence-electron chi connectivity index (χ3n) is 4.10. The van der Waals surface area contributed by atoms with Crippen molar-refractivity contribution in [3.05, 3.63) is 12.3 Å². The lowest BCUT2D eigenvalue weighted by Crippen LogP contribution is -2.34. The van der Waals surface area contributed by atoms with E-state index < -0.39 is 0 Å². The van der Waals surface area contributed by atoms with Gasteiger partial charge in [-0.25, -0.2) is 4.98 Å². The molecule has 2 aliphatic heterocycles. The Bertz CT molecular complexity index is 425. The minimum Gasteiger partial charge on any atom is -0.478 e. The van der Waals surface area contributed by atoms with Crippen molar-refractivity contribution in [2.75, 3.05) is 31.1 Å². The third kappa shape index (κ3) is 1.92. The predicted octanol–water partition coefficient (Wildman–Crippen LogP) is 0.919. The van der Waals surface area contributed by atoms with Crippen LogP contribution >= 0.6 is 0 Å². The Kier molecular flexibility index (Phi) is 3.07. The maximum Gasteiger partial charge on any atom is 0.228 e. The Hall–Kier alpha value is -1.36. The van der Waals surface area contributed by atoms with Crippen LogP contribution in [-0.4, -0.2) is 42.3 Å². The standard InChI is InChI=1S/C13H20N4O/c1-3-18-12-4-5-15-13(16-12)17-8-10-6-14-7-11(10)9(17)2/h4-5,9-11,14H,3,6-8H2,1-2H3. The molecule has 1 aromatic heterocycles. The van der Waals surface area contributed by atoms with Gasteiger partial charge in [0.05, 0.1) is 6.61 Å². The van der Waals surface area contributed by atoms with E-state index in [9.17, 15) is 0 Å². The molecule has 18 heavy (non-hydrogen) atoms. The van der Waals surface area contributed by atoms with Gasteiger partial charge in [-0.05, 0) is 25.7 Å². The van der Waals surface area contributed by atoms with Gasteiger partial charge in [-0.1, -0.05) is 0 Å². The highest BCUT2D eigenvalue weighted by molar-refractivity contribution is 5.36. The van der Waals surface area contributed by atoms with Crippen molar-refractivity contribution in [1.29, 1.82) is 0 Å². The lowest BCUT2D eigenvalue weighted by molar-refractivity contribution is 0.326. The topological polar surface area (TPSA) is 50.3 Å². The Labute approximate surface area is 108 Å². The molecular formula is C13H20N4O. The van der Waals surface area contributed by atoms with E-state index in [4.69, 9.17) is 4.74 Å². The van der Waals surface area contributed by atoms with E-state index in [0.29, 0.717) is 18.5 Å². The van der Waals surface area contributed by atoms with Crippen LogP contribution in [0.5, 0.6) is 5.88 Å². The maximum atomic E-state index is 5.45. The second-order valence-corrected chi connectivity index (χ2v) is 5.10. The summed E-state index contributed by atoms with van der Waals surface area (Å²) >= 11 is 0. The zero-order valence-electron chi connectivity index (χ0n) is 11.0. The maximum absolute atomic E-state index is 5.45. The molecule has 0 amide bonds. The van der Waals surface area contributed by atoms with E-state index in [1.54, 1.807) is 6.20 Å². The number of hydrogen-bond acceptors (Lipinski definition) is 5. The summed E-state index contributed by atoms with van der Waals surface area (Å²) in [6, 6.07) is 2.32. The van der Waals surface area contributed by atoms with Gasteiger partial charge in [-0.15, -0.1) is 0 Å². The van der Waals surface area contributed by atoms with Gasteiger partial charge in [-0.3, -0.25) is 0 Å². The number of fused-ring (bicyclic) bond motifs is 1. The van der Waals surface area contributed by atoms with Crippen LogP contribution in [0.3, 0.4) is 0 Å². The molecule has 2 aliphatic rings. The lowest BCUT2D eigenvalue weighted by atomic mass is 9.95. The molecule has 2 fully saturated rings. The van der Waals surface area contributed by atoms with Crippen LogP contribution in [0.25, 0.3) is 0 Å². The molecule has 3 unspecified atom stereocenters.